The van der Waals surface area contributed by atoms with Crippen molar-refractivity contribution in [3.8, 4) is 0 Å². The van der Waals surface area contributed by atoms with Gasteiger partial charge >= 0.3 is 0 Å². The second-order valence-electron chi connectivity index (χ2n) is 2.49. The van der Waals surface area contributed by atoms with E-state index >= 15 is 0 Å². The summed E-state index contributed by atoms with van der Waals surface area (Å²) in [6, 6.07) is 0. The van der Waals surface area contributed by atoms with E-state index in [1.807, 2.05) is 12.2 Å². The van der Waals surface area contributed by atoms with Crippen LogP contribution in [0, 0.1) is 0 Å². The minimum atomic E-state index is -1.75. The van der Waals surface area contributed by atoms with Crippen molar-refractivity contribution in [3.05, 3.63) is 24.3 Å². The van der Waals surface area contributed by atoms with E-state index in [1.165, 1.54) is 0 Å². The van der Waals surface area contributed by atoms with E-state index in [2.05, 4.69) is 0 Å². The molecule has 0 saturated carbocycles. The Morgan fingerprint density at radius 2 is 1.19 bits per heavy atom. The fourth-order valence-electron chi connectivity index (χ4n) is 0.612. The highest BCUT2D eigenvalue weighted by Crippen LogP contribution is 2.20. The lowest BCUT2D eigenvalue weighted by atomic mass is 10.6. The molecule has 0 aliphatic carbocycles. The van der Waals surface area contributed by atoms with Crippen molar-refractivity contribution in [2.24, 2.45) is 0 Å². The molecule has 0 saturated heterocycles. The Balaban J connectivity index is 3.27. The summed E-state index contributed by atoms with van der Waals surface area (Å²) in [6.07, 6.45) is 7.04. The number of rotatable bonds is 9. The fraction of sp³-hybridized carbons (Fsp3) is 0.500. The summed E-state index contributed by atoms with van der Waals surface area (Å²) in [5.41, 5.74) is 0. The quantitative estimate of drug-likeness (QED) is 0.293. The van der Waals surface area contributed by atoms with Crippen LogP contribution in [0.3, 0.4) is 0 Å². The maximum absolute atomic E-state index is 10.3. The molecule has 2 atom stereocenters. The third-order valence-electron chi connectivity index (χ3n) is 1.22. The molecule has 16 heavy (non-hydrogen) atoms. The van der Waals surface area contributed by atoms with Crippen LogP contribution in [-0.4, -0.2) is 40.5 Å². The smallest absolute Gasteiger partial charge is 0.156 e. The van der Waals surface area contributed by atoms with Crippen LogP contribution >= 0.6 is 21.6 Å². The first-order valence-corrected chi connectivity index (χ1v) is 9.36. The highest BCUT2D eigenvalue weighted by Gasteiger charge is 1.88. The zero-order valence-corrected chi connectivity index (χ0v) is 11.7. The molecule has 0 aliphatic heterocycles. The molecule has 0 amide bonds. The van der Waals surface area contributed by atoms with Crippen molar-refractivity contribution in [1.82, 2.24) is 0 Å². The van der Waals surface area contributed by atoms with Gasteiger partial charge in [0.1, 0.15) is 0 Å². The molecule has 0 heterocycles. The van der Waals surface area contributed by atoms with Gasteiger partial charge in [0, 0.05) is 11.5 Å². The van der Waals surface area contributed by atoms with Gasteiger partial charge in [0.2, 0.25) is 0 Å². The molecule has 94 valence electrons. The number of hydrogen-bond donors (Lipinski definition) is 2. The Hall–Kier alpha value is 0.400. The lowest BCUT2D eigenvalue weighted by Crippen LogP contribution is -1.89. The monoisotopic (exact) mass is 302 g/mol. The molecule has 0 fully saturated rings. The van der Waals surface area contributed by atoms with Crippen molar-refractivity contribution in [2.45, 2.75) is 0 Å². The predicted octanol–water partition coefficient (Wildman–Crippen LogP) is 1.92. The first kappa shape index (κ1) is 16.4. The summed E-state index contributed by atoms with van der Waals surface area (Å²) in [7, 11) is 3.25. The zero-order valence-electron chi connectivity index (χ0n) is 8.48. The molecule has 0 aromatic heterocycles. The SMILES string of the molecule is O=S(O)CC=CCSSCC=CCS(=O)O. The van der Waals surface area contributed by atoms with E-state index in [4.69, 9.17) is 9.11 Å². The van der Waals surface area contributed by atoms with E-state index in [0.717, 1.165) is 11.5 Å². The molecule has 0 bridgehead atoms. The van der Waals surface area contributed by atoms with E-state index in [1.54, 1.807) is 33.7 Å². The van der Waals surface area contributed by atoms with Gasteiger partial charge in [-0.2, -0.15) is 0 Å². The fourth-order valence-corrected chi connectivity index (χ4v) is 2.88. The van der Waals surface area contributed by atoms with Crippen molar-refractivity contribution in [3.63, 3.8) is 0 Å². The molecule has 2 unspecified atom stereocenters. The summed E-state index contributed by atoms with van der Waals surface area (Å²) in [4.78, 5) is 0. The Morgan fingerprint density at radius 3 is 1.50 bits per heavy atom. The van der Waals surface area contributed by atoms with Gasteiger partial charge in [0.05, 0.1) is 11.5 Å². The third-order valence-corrected chi connectivity index (χ3v) is 4.32. The topological polar surface area (TPSA) is 74.6 Å². The molecule has 0 aromatic rings. The van der Waals surface area contributed by atoms with Gasteiger partial charge < -0.3 is 9.11 Å². The van der Waals surface area contributed by atoms with Crippen LogP contribution in [0.4, 0.5) is 0 Å². The van der Waals surface area contributed by atoms with Crippen molar-refractivity contribution in [2.75, 3.05) is 23.0 Å². The standard InChI is InChI=1S/C8H14O4S4/c9-15(10)7-3-1-5-13-14-6-2-4-8-16(11)12/h1-4H,5-8H2,(H,9,10)(H,11,12). The van der Waals surface area contributed by atoms with E-state index in [0.29, 0.717) is 0 Å². The Morgan fingerprint density at radius 1 is 0.812 bits per heavy atom. The second kappa shape index (κ2) is 11.9. The average molecular weight is 302 g/mol. The van der Waals surface area contributed by atoms with Crippen molar-refractivity contribution >= 4 is 43.7 Å². The van der Waals surface area contributed by atoms with Crippen LogP contribution < -0.4 is 0 Å². The molecule has 8 heteroatoms. The first-order chi connectivity index (χ1) is 7.63. The third kappa shape index (κ3) is 14.4. The van der Waals surface area contributed by atoms with Crippen LogP contribution in [0.15, 0.2) is 24.3 Å². The van der Waals surface area contributed by atoms with Crippen molar-refractivity contribution < 1.29 is 17.5 Å². The second-order valence-corrected chi connectivity index (χ2v) is 6.99. The molecule has 0 aliphatic rings. The van der Waals surface area contributed by atoms with Crippen LogP contribution in [0.5, 0.6) is 0 Å². The van der Waals surface area contributed by atoms with Gasteiger partial charge in [-0.15, -0.1) is 0 Å². The Labute approximate surface area is 108 Å². The van der Waals surface area contributed by atoms with Gasteiger partial charge in [0.15, 0.2) is 22.2 Å². The molecular weight excluding hydrogens is 288 g/mol. The Bertz CT molecular complexity index is 249. The molecule has 4 nitrogen and oxygen atoms in total. The summed E-state index contributed by atoms with van der Waals surface area (Å²) in [5, 5.41) is 0. The van der Waals surface area contributed by atoms with Crippen LogP contribution in [-0.2, 0) is 22.2 Å². The van der Waals surface area contributed by atoms with Crippen LogP contribution in [0.2, 0.25) is 0 Å². The molecule has 0 radical (unpaired) electrons. The van der Waals surface area contributed by atoms with Gasteiger partial charge in [-0.05, 0) is 0 Å². The lowest BCUT2D eigenvalue weighted by molar-refractivity contribution is 0.566. The van der Waals surface area contributed by atoms with E-state index < -0.39 is 22.2 Å². The molecule has 0 spiro atoms. The predicted molar refractivity (Wildman–Crippen MR) is 74.5 cm³/mol. The average Bonchev–Trinajstić information content (AvgIpc) is 2.20. The zero-order chi connectivity index (χ0) is 12.2. The number of hydrogen-bond acceptors (Lipinski definition) is 4. The van der Waals surface area contributed by atoms with Gasteiger partial charge in [-0.3, -0.25) is 0 Å². The van der Waals surface area contributed by atoms with Gasteiger partial charge in [-0.25, -0.2) is 8.42 Å². The van der Waals surface area contributed by atoms with Gasteiger partial charge in [0.25, 0.3) is 0 Å². The van der Waals surface area contributed by atoms with E-state index in [9.17, 15) is 8.42 Å². The van der Waals surface area contributed by atoms with E-state index in [-0.39, 0.29) is 11.5 Å². The lowest BCUT2D eigenvalue weighted by Gasteiger charge is -1.92. The summed E-state index contributed by atoms with van der Waals surface area (Å²) >= 11 is -3.50. The summed E-state index contributed by atoms with van der Waals surface area (Å²) in [6.45, 7) is 0. The Kier molecular flexibility index (Phi) is 12.2. The maximum Gasteiger partial charge on any atom is 0.156 e. The highest BCUT2D eigenvalue weighted by atomic mass is 33.1. The summed E-state index contributed by atoms with van der Waals surface area (Å²) in [5.74, 6) is 1.91. The van der Waals surface area contributed by atoms with Crippen LogP contribution in [0.1, 0.15) is 0 Å². The van der Waals surface area contributed by atoms with Gasteiger partial charge in [-0.1, -0.05) is 45.9 Å². The normalized spacial score (nSPS) is 15.9. The first-order valence-electron chi connectivity index (χ1n) is 4.32. The molecule has 2 N–H and O–H groups in total. The molecular formula is C8H14O4S4. The molecule has 0 aromatic carbocycles. The maximum atomic E-state index is 10.3. The highest BCUT2D eigenvalue weighted by molar-refractivity contribution is 8.76. The largest absolute Gasteiger partial charge is 0.306 e. The van der Waals surface area contributed by atoms with Crippen molar-refractivity contribution in [1.29, 1.82) is 0 Å². The van der Waals surface area contributed by atoms with Crippen LogP contribution in [0.25, 0.3) is 0 Å². The minimum Gasteiger partial charge on any atom is -0.306 e. The molecule has 0 rings (SSSR count). The minimum absolute atomic E-state index is 0.174. The summed E-state index contributed by atoms with van der Waals surface area (Å²) < 4.78 is 37.4.